The van der Waals surface area contributed by atoms with Gasteiger partial charge in [-0.15, -0.1) is 12.4 Å². The van der Waals surface area contributed by atoms with Gasteiger partial charge in [-0.05, 0) is 31.0 Å². The Labute approximate surface area is 122 Å². The monoisotopic (exact) mass is 294 g/mol. The highest BCUT2D eigenvalue weighted by atomic mass is 35.5. The first-order valence-corrected chi connectivity index (χ1v) is 6.70. The Balaban J connectivity index is 0.00000121. The summed E-state index contributed by atoms with van der Waals surface area (Å²) in [6, 6.07) is 5.11. The van der Waals surface area contributed by atoms with Gasteiger partial charge < -0.3 is 10.2 Å². The van der Waals surface area contributed by atoms with Crippen molar-refractivity contribution in [3.8, 4) is 0 Å². The van der Waals surface area contributed by atoms with Gasteiger partial charge in [-0.3, -0.25) is 4.98 Å². The summed E-state index contributed by atoms with van der Waals surface area (Å²) in [4.78, 5) is 11.1. The fraction of sp³-hybridized carbons (Fsp3) is 0.429. The number of hydrogen-bond donors (Lipinski definition) is 1. The van der Waals surface area contributed by atoms with Crippen molar-refractivity contribution in [2.45, 2.75) is 12.5 Å². The van der Waals surface area contributed by atoms with Gasteiger partial charge in [-0.1, -0.05) is 0 Å². The fourth-order valence-corrected chi connectivity index (χ4v) is 2.95. The summed E-state index contributed by atoms with van der Waals surface area (Å²) < 4.78 is 13.2. The van der Waals surface area contributed by atoms with E-state index < -0.39 is 0 Å². The molecule has 4 rings (SSSR count). The van der Waals surface area contributed by atoms with E-state index in [0.29, 0.717) is 11.6 Å². The molecular weight excluding hydrogens is 279 g/mol. The number of nitrogens with zero attached hydrogens (tertiary/aromatic N) is 3. The summed E-state index contributed by atoms with van der Waals surface area (Å²) in [7, 11) is 0. The smallest absolute Gasteiger partial charge is 0.147 e. The van der Waals surface area contributed by atoms with Crippen LogP contribution in [0, 0.1) is 11.7 Å². The van der Waals surface area contributed by atoms with Crippen LogP contribution in [-0.4, -0.2) is 35.6 Å². The molecule has 0 amide bonds. The van der Waals surface area contributed by atoms with Crippen LogP contribution >= 0.6 is 12.4 Å². The first-order chi connectivity index (χ1) is 9.29. The van der Waals surface area contributed by atoms with Crippen molar-refractivity contribution in [3.63, 3.8) is 0 Å². The zero-order valence-electron chi connectivity index (χ0n) is 10.9. The van der Waals surface area contributed by atoms with Crippen LogP contribution in [0.3, 0.4) is 0 Å². The van der Waals surface area contributed by atoms with Gasteiger partial charge in [0.15, 0.2) is 0 Å². The Hall–Kier alpha value is -1.46. The first kappa shape index (κ1) is 13.5. The largest absolute Gasteiger partial charge is 0.354 e. The van der Waals surface area contributed by atoms with Crippen molar-refractivity contribution < 1.29 is 4.39 Å². The van der Waals surface area contributed by atoms with E-state index in [1.54, 1.807) is 12.3 Å². The number of halogens is 2. The maximum Gasteiger partial charge on any atom is 0.147 e. The van der Waals surface area contributed by atoms with Gasteiger partial charge in [0.25, 0.3) is 0 Å². The van der Waals surface area contributed by atoms with Gasteiger partial charge in [0.2, 0.25) is 0 Å². The highest BCUT2D eigenvalue weighted by Crippen LogP contribution is 2.27. The van der Waals surface area contributed by atoms with Crippen molar-refractivity contribution in [2.75, 3.05) is 24.5 Å². The second-order valence-electron chi connectivity index (χ2n) is 5.37. The number of nitrogens with one attached hydrogen (secondary N) is 1. The quantitative estimate of drug-likeness (QED) is 0.873. The molecule has 3 heterocycles. The molecule has 2 aromatic rings. The number of piperidine rings is 1. The van der Waals surface area contributed by atoms with Crippen LogP contribution < -0.4 is 10.2 Å². The minimum atomic E-state index is -0.265. The van der Waals surface area contributed by atoms with E-state index in [0.717, 1.165) is 36.9 Å². The molecule has 1 aromatic carbocycles. The van der Waals surface area contributed by atoms with E-state index in [1.807, 2.05) is 0 Å². The lowest BCUT2D eigenvalue weighted by Crippen LogP contribution is -2.62. The van der Waals surface area contributed by atoms with Crippen LogP contribution in [0.25, 0.3) is 11.0 Å². The molecule has 0 aliphatic carbocycles. The predicted octanol–water partition coefficient (Wildman–Crippen LogP) is 1.99. The van der Waals surface area contributed by atoms with E-state index in [2.05, 4.69) is 20.2 Å². The lowest BCUT2D eigenvalue weighted by atomic mass is 9.85. The van der Waals surface area contributed by atoms with Crippen molar-refractivity contribution in [1.82, 2.24) is 15.3 Å². The number of rotatable bonds is 1. The summed E-state index contributed by atoms with van der Waals surface area (Å²) in [5, 5.41) is 3.44. The van der Waals surface area contributed by atoms with Crippen molar-refractivity contribution >= 4 is 29.3 Å². The molecule has 2 aliphatic rings. The second kappa shape index (κ2) is 5.14. The Kier molecular flexibility index (Phi) is 3.48. The molecule has 0 unspecified atom stereocenters. The molecular formula is C14H16ClFN4. The average molecular weight is 295 g/mol. The average Bonchev–Trinajstić information content (AvgIpc) is 2.39. The third-order valence-electron chi connectivity index (χ3n) is 4.21. The van der Waals surface area contributed by atoms with Crippen LogP contribution in [0.15, 0.2) is 24.4 Å². The third kappa shape index (κ3) is 2.21. The Morgan fingerprint density at radius 1 is 1.30 bits per heavy atom. The van der Waals surface area contributed by atoms with Crippen molar-refractivity contribution in [2.24, 2.45) is 5.92 Å². The first-order valence-electron chi connectivity index (χ1n) is 6.70. The topological polar surface area (TPSA) is 41.1 Å². The summed E-state index contributed by atoms with van der Waals surface area (Å²) in [6.45, 7) is 3.13. The van der Waals surface area contributed by atoms with E-state index in [1.165, 1.54) is 18.6 Å². The maximum atomic E-state index is 13.2. The molecule has 6 heteroatoms. The summed E-state index contributed by atoms with van der Waals surface area (Å²) >= 11 is 0. The highest BCUT2D eigenvalue weighted by molar-refractivity contribution is 5.85. The molecule has 2 aliphatic heterocycles. The minimum absolute atomic E-state index is 0. The zero-order valence-corrected chi connectivity index (χ0v) is 11.7. The lowest BCUT2D eigenvalue weighted by Gasteiger charge is -2.46. The molecule has 1 aromatic heterocycles. The fourth-order valence-electron chi connectivity index (χ4n) is 2.95. The van der Waals surface area contributed by atoms with Crippen LogP contribution in [0.5, 0.6) is 0 Å². The molecule has 0 radical (unpaired) electrons. The van der Waals surface area contributed by atoms with Crippen molar-refractivity contribution in [3.05, 3.63) is 30.2 Å². The maximum absolute atomic E-state index is 13.2. The number of anilines is 1. The van der Waals surface area contributed by atoms with Crippen LogP contribution in [0.1, 0.15) is 6.42 Å². The lowest BCUT2D eigenvalue weighted by molar-refractivity contribution is 0.196. The molecule has 106 valence electrons. The SMILES string of the molecule is Cl.Fc1ccc2ncc(N3CC[C@@H]4CN[C@@H]4C3)nc2c1. The van der Waals surface area contributed by atoms with Gasteiger partial charge in [0.05, 0.1) is 17.2 Å². The number of hydrogen-bond acceptors (Lipinski definition) is 4. The third-order valence-corrected chi connectivity index (χ3v) is 4.21. The highest BCUT2D eigenvalue weighted by Gasteiger charge is 2.35. The molecule has 0 saturated carbocycles. The molecule has 0 bridgehead atoms. The molecule has 1 N–H and O–H groups in total. The zero-order chi connectivity index (χ0) is 12.8. The number of aromatic nitrogens is 2. The van der Waals surface area contributed by atoms with E-state index in [9.17, 15) is 4.39 Å². The van der Waals surface area contributed by atoms with E-state index in [-0.39, 0.29) is 18.2 Å². The summed E-state index contributed by atoms with van der Waals surface area (Å²) in [5.41, 5.74) is 1.36. The van der Waals surface area contributed by atoms with E-state index >= 15 is 0 Å². The Morgan fingerprint density at radius 3 is 2.95 bits per heavy atom. The van der Waals surface area contributed by atoms with Gasteiger partial charge in [-0.25, -0.2) is 9.37 Å². The van der Waals surface area contributed by atoms with Gasteiger partial charge in [0.1, 0.15) is 11.6 Å². The minimum Gasteiger partial charge on any atom is -0.354 e. The number of benzene rings is 1. The normalized spacial score (nSPS) is 24.8. The Morgan fingerprint density at radius 2 is 2.20 bits per heavy atom. The van der Waals surface area contributed by atoms with Crippen molar-refractivity contribution in [1.29, 1.82) is 0 Å². The van der Waals surface area contributed by atoms with Gasteiger partial charge >= 0.3 is 0 Å². The molecule has 2 fully saturated rings. The summed E-state index contributed by atoms with van der Waals surface area (Å²) in [5.74, 6) is 1.41. The standard InChI is InChI=1S/C14H15FN4.ClH/c15-10-1-2-11-12(5-10)18-14(7-17-11)19-4-3-9-6-16-13(9)8-19;/h1-2,5,7,9,13,16H,3-4,6,8H2;1H/t9-,13-;/m1./s1. The number of fused-ring (bicyclic) bond motifs is 2. The molecule has 2 atom stereocenters. The van der Waals surface area contributed by atoms with Crippen LogP contribution in [0.4, 0.5) is 10.2 Å². The van der Waals surface area contributed by atoms with Crippen LogP contribution in [0.2, 0.25) is 0 Å². The predicted molar refractivity (Wildman–Crippen MR) is 78.9 cm³/mol. The molecule has 4 nitrogen and oxygen atoms in total. The summed E-state index contributed by atoms with van der Waals surface area (Å²) in [6.07, 6.45) is 2.99. The molecule has 2 saturated heterocycles. The van der Waals surface area contributed by atoms with Crippen LogP contribution in [-0.2, 0) is 0 Å². The Bertz CT molecular complexity index is 636. The molecule has 20 heavy (non-hydrogen) atoms. The molecule has 0 spiro atoms. The van der Waals surface area contributed by atoms with Gasteiger partial charge in [0, 0.05) is 25.2 Å². The second-order valence-corrected chi connectivity index (χ2v) is 5.37. The van der Waals surface area contributed by atoms with Gasteiger partial charge in [-0.2, -0.15) is 0 Å². The van der Waals surface area contributed by atoms with E-state index in [4.69, 9.17) is 0 Å².